The number of hydrogen-bond acceptors (Lipinski definition) is 3. The van der Waals surface area contributed by atoms with Gasteiger partial charge < -0.3 is 14.8 Å². The van der Waals surface area contributed by atoms with Gasteiger partial charge in [0.2, 0.25) is 0 Å². The molecule has 2 atom stereocenters. The summed E-state index contributed by atoms with van der Waals surface area (Å²) in [7, 11) is 0. The van der Waals surface area contributed by atoms with E-state index in [1.165, 1.54) is 11.1 Å². The van der Waals surface area contributed by atoms with E-state index in [4.69, 9.17) is 4.42 Å². The Balaban J connectivity index is 1.88. The first-order valence-electron chi connectivity index (χ1n) is 6.18. The number of hydrogen-bond donors (Lipinski definition) is 2. The van der Waals surface area contributed by atoms with Crippen LogP contribution in [0.1, 0.15) is 36.0 Å². The molecule has 0 amide bonds. The van der Waals surface area contributed by atoms with Crippen molar-refractivity contribution in [2.24, 2.45) is 0 Å². The van der Waals surface area contributed by atoms with Crippen LogP contribution < -0.4 is 5.32 Å². The Labute approximate surface area is 107 Å². The van der Waals surface area contributed by atoms with E-state index in [0.29, 0.717) is 12.3 Å². The number of aliphatic hydroxyl groups excluding tert-OH is 1. The fraction of sp³-hybridized carbons (Fsp3) is 0.333. The molecule has 0 saturated heterocycles. The van der Waals surface area contributed by atoms with E-state index in [1.807, 2.05) is 0 Å². The van der Waals surface area contributed by atoms with Gasteiger partial charge in [-0.15, -0.1) is 0 Å². The largest absolute Gasteiger partial charge is 0.467 e. The molecule has 0 saturated carbocycles. The van der Waals surface area contributed by atoms with Crippen LogP contribution >= 0.6 is 0 Å². The predicted octanol–water partition coefficient (Wildman–Crippen LogP) is 2.97. The number of aliphatic hydroxyl groups is 1. The Morgan fingerprint density at radius 3 is 2.56 bits per heavy atom. The van der Waals surface area contributed by atoms with Crippen molar-refractivity contribution in [3.63, 3.8) is 0 Å². The summed E-state index contributed by atoms with van der Waals surface area (Å²) in [4.78, 5) is 0. The third kappa shape index (κ3) is 3.22. The summed E-state index contributed by atoms with van der Waals surface area (Å²) in [6, 6.07) is 12.2. The Kier molecular flexibility index (Phi) is 4.18. The van der Waals surface area contributed by atoms with Crippen LogP contribution in [0.5, 0.6) is 0 Å². The first-order chi connectivity index (χ1) is 8.66. The van der Waals surface area contributed by atoms with Crippen LogP contribution in [0.3, 0.4) is 0 Å². The van der Waals surface area contributed by atoms with Gasteiger partial charge >= 0.3 is 0 Å². The molecule has 1 aromatic heterocycles. The van der Waals surface area contributed by atoms with Gasteiger partial charge in [0.15, 0.2) is 0 Å². The maximum Gasteiger partial charge on any atom is 0.133 e. The van der Waals surface area contributed by atoms with Crippen molar-refractivity contribution >= 4 is 0 Å². The second kappa shape index (κ2) is 5.85. The lowest BCUT2D eigenvalue weighted by molar-refractivity contribution is 0.144. The van der Waals surface area contributed by atoms with Gasteiger partial charge in [-0.1, -0.05) is 29.8 Å². The van der Waals surface area contributed by atoms with Crippen molar-refractivity contribution < 1.29 is 9.52 Å². The SMILES string of the molecule is Cc1ccc(C(C)NCC(O)c2ccco2)cc1. The minimum Gasteiger partial charge on any atom is -0.467 e. The van der Waals surface area contributed by atoms with Crippen LogP contribution in [0.25, 0.3) is 0 Å². The van der Waals surface area contributed by atoms with Gasteiger partial charge in [0.1, 0.15) is 11.9 Å². The van der Waals surface area contributed by atoms with Gasteiger partial charge in [0, 0.05) is 12.6 Å². The summed E-state index contributed by atoms with van der Waals surface area (Å²) in [5.41, 5.74) is 2.47. The van der Waals surface area contributed by atoms with Crippen LogP contribution in [-0.4, -0.2) is 11.7 Å². The van der Waals surface area contributed by atoms with Crippen LogP contribution in [0.15, 0.2) is 47.1 Å². The van der Waals surface area contributed by atoms with Gasteiger partial charge in [0.25, 0.3) is 0 Å². The van der Waals surface area contributed by atoms with E-state index < -0.39 is 6.10 Å². The average Bonchev–Trinajstić information content (AvgIpc) is 2.90. The summed E-state index contributed by atoms with van der Waals surface area (Å²) in [6.45, 7) is 4.63. The van der Waals surface area contributed by atoms with Crippen molar-refractivity contribution in [3.05, 3.63) is 59.5 Å². The minimum absolute atomic E-state index is 0.204. The Morgan fingerprint density at radius 2 is 1.94 bits per heavy atom. The number of nitrogens with one attached hydrogen (secondary N) is 1. The Bertz CT molecular complexity index is 462. The summed E-state index contributed by atoms with van der Waals surface area (Å²) < 4.78 is 5.16. The van der Waals surface area contributed by atoms with Gasteiger partial charge in [-0.05, 0) is 31.5 Å². The highest BCUT2D eigenvalue weighted by Crippen LogP contribution is 2.16. The number of rotatable bonds is 5. The summed E-state index contributed by atoms with van der Waals surface area (Å²) in [6.07, 6.45) is 0.968. The molecule has 0 bridgehead atoms. The summed E-state index contributed by atoms with van der Waals surface area (Å²) >= 11 is 0. The maximum absolute atomic E-state index is 9.89. The highest BCUT2D eigenvalue weighted by molar-refractivity contribution is 5.23. The topological polar surface area (TPSA) is 45.4 Å². The molecule has 0 radical (unpaired) electrons. The zero-order valence-electron chi connectivity index (χ0n) is 10.8. The molecule has 2 rings (SSSR count). The monoisotopic (exact) mass is 245 g/mol. The summed E-state index contributed by atoms with van der Waals surface area (Å²) in [5, 5.41) is 13.2. The zero-order chi connectivity index (χ0) is 13.0. The lowest BCUT2D eigenvalue weighted by Crippen LogP contribution is -2.24. The van der Waals surface area contributed by atoms with E-state index in [2.05, 4.69) is 43.4 Å². The first-order valence-corrected chi connectivity index (χ1v) is 6.18. The standard InChI is InChI=1S/C15H19NO2/c1-11-5-7-13(8-6-11)12(2)16-10-14(17)15-4-3-9-18-15/h3-9,12,14,16-17H,10H2,1-2H3. The third-order valence-corrected chi connectivity index (χ3v) is 3.07. The molecule has 3 heteroatoms. The van der Waals surface area contributed by atoms with Crippen LogP contribution in [0.4, 0.5) is 0 Å². The van der Waals surface area contributed by atoms with E-state index in [-0.39, 0.29) is 6.04 Å². The van der Waals surface area contributed by atoms with Gasteiger partial charge in [-0.25, -0.2) is 0 Å². The molecule has 2 aromatic rings. The highest BCUT2D eigenvalue weighted by atomic mass is 16.4. The smallest absolute Gasteiger partial charge is 0.133 e. The normalized spacial score (nSPS) is 14.4. The van der Waals surface area contributed by atoms with E-state index in [0.717, 1.165) is 0 Å². The maximum atomic E-state index is 9.89. The minimum atomic E-state index is -0.604. The third-order valence-electron chi connectivity index (χ3n) is 3.07. The van der Waals surface area contributed by atoms with Crippen molar-refractivity contribution in [2.45, 2.75) is 26.0 Å². The molecular weight excluding hydrogens is 226 g/mol. The lowest BCUT2D eigenvalue weighted by atomic mass is 10.1. The van der Waals surface area contributed by atoms with Gasteiger partial charge in [-0.3, -0.25) is 0 Å². The summed E-state index contributed by atoms with van der Waals surface area (Å²) in [5.74, 6) is 0.596. The Morgan fingerprint density at radius 1 is 1.22 bits per heavy atom. The zero-order valence-corrected chi connectivity index (χ0v) is 10.8. The van der Waals surface area contributed by atoms with E-state index >= 15 is 0 Å². The van der Waals surface area contributed by atoms with Crippen molar-refractivity contribution in [1.82, 2.24) is 5.32 Å². The second-order valence-electron chi connectivity index (χ2n) is 4.57. The molecule has 0 spiro atoms. The Hall–Kier alpha value is -1.58. The van der Waals surface area contributed by atoms with E-state index in [9.17, 15) is 5.11 Å². The molecule has 0 fully saturated rings. The molecule has 0 aliphatic heterocycles. The number of benzene rings is 1. The van der Waals surface area contributed by atoms with E-state index in [1.54, 1.807) is 18.4 Å². The molecule has 18 heavy (non-hydrogen) atoms. The highest BCUT2D eigenvalue weighted by Gasteiger charge is 2.12. The van der Waals surface area contributed by atoms with Crippen LogP contribution in [-0.2, 0) is 0 Å². The quantitative estimate of drug-likeness (QED) is 0.851. The van der Waals surface area contributed by atoms with Gasteiger partial charge in [0.05, 0.1) is 6.26 Å². The molecule has 0 aliphatic carbocycles. The lowest BCUT2D eigenvalue weighted by Gasteiger charge is -2.16. The molecule has 2 N–H and O–H groups in total. The van der Waals surface area contributed by atoms with Gasteiger partial charge in [-0.2, -0.15) is 0 Å². The predicted molar refractivity (Wildman–Crippen MR) is 71.3 cm³/mol. The van der Waals surface area contributed by atoms with Crippen molar-refractivity contribution in [3.8, 4) is 0 Å². The molecule has 1 heterocycles. The molecule has 3 nitrogen and oxygen atoms in total. The molecule has 1 aromatic carbocycles. The molecule has 0 aliphatic rings. The molecule has 2 unspecified atom stereocenters. The van der Waals surface area contributed by atoms with Crippen LogP contribution in [0, 0.1) is 6.92 Å². The van der Waals surface area contributed by atoms with Crippen molar-refractivity contribution in [2.75, 3.05) is 6.54 Å². The fourth-order valence-electron chi connectivity index (χ4n) is 1.84. The molecular formula is C15H19NO2. The van der Waals surface area contributed by atoms with Crippen molar-refractivity contribution in [1.29, 1.82) is 0 Å². The molecule has 96 valence electrons. The second-order valence-corrected chi connectivity index (χ2v) is 4.57. The first kappa shape index (κ1) is 12.9. The fourth-order valence-corrected chi connectivity index (χ4v) is 1.84. The number of furan rings is 1. The number of aryl methyl sites for hydroxylation is 1. The average molecular weight is 245 g/mol. The van der Waals surface area contributed by atoms with Crippen LogP contribution in [0.2, 0.25) is 0 Å².